The van der Waals surface area contributed by atoms with Crippen molar-refractivity contribution in [3.8, 4) is 5.75 Å². The molecule has 0 amide bonds. The normalized spacial score (nSPS) is 15.2. The Morgan fingerprint density at radius 1 is 0.950 bits per heavy atom. The quantitative estimate of drug-likeness (QED) is 0.906. The zero-order valence-corrected chi connectivity index (χ0v) is 11.6. The Labute approximate surface area is 118 Å². The summed E-state index contributed by atoms with van der Waals surface area (Å²) in [5.41, 5.74) is 2.40. The maximum atomic E-state index is 12.3. The molecule has 1 aliphatic carbocycles. The predicted octanol–water partition coefficient (Wildman–Crippen LogP) is 1.84. The highest BCUT2D eigenvalue weighted by atomic mass is 32.2. The van der Waals surface area contributed by atoms with E-state index in [1.165, 1.54) is 35.4 Å². The molecule has 0 unspecified atom stereocenters. The number of hydrogen-bond donors (Lipinski definition) is 2. The van der Waals surface area contributed by atoms with Gasteiger partial charge in [0.25, 0.3) is 0 Å². The number of phenols is 1. The van der Waals surface area contributed by atoms with E-state index in [-0.39, 0.29) is 16.7 Å². The fraction of sp³-hybridized carbons (Fsp3) is 0.200. The van der Waals surface area contributed by atoms with Crippen LogP contribution in [0.5, 0.6) is 5.75 Å². The van der Waals surface area contributed by atoms with E-state index in [1.54, 1.807) is 0 Å². The lowest BCUT2D eigenvalue weighted by Crippen LogP contribution is -2.35. The number of aromatic hydroxyl groups is 1. The Morgan fingerprint density at radius 2 is 1.50 bits per heavy atom. The van der Waals surface area contributed by atoms with Gasteiger partial charge in [0.05, 0.1) is 4.90 Å². The first-order chi connectivity index (χ1) is 9.54. The largest absolute Gasteiger partial charge is 0.508 e. The second-order valence-electron chi connectivity index (χ2n) is 4.99. The third-order valence-corrected chi connectivity index (χ3v) is 5.06. The maximum Gasteiger partial charge on any atom is 0.240 e. The predicted molar refractivity (Wildman–Crippen MR) is 76.1 cm³/mol. The van der Waals surface area contributed by atoms with Crippen LogP contribution in [0.4, 0.5) is 0 Å². The third kappa shape index (κ3) is 2.55. The van der Waals surface area contributed by atoms with Crippen molar-refractivity contribution < 1.29 is 13.5 Å². The molecule has 4 nitrogen and oxygen atoms in total. The van der Waals surface area contributed by atoms with E-state index in [1.807, 2.05) is 24.3 Å². The summed E-state index contributed by atoms with van der Waals surface area (Å²) in [4.78, 5) is 0.172. The Morgan fingerprint density at radius 3 is 2.05 bits per heavy atom. The highest BCUT2D eigenvalue weighted by molar-refractivity contribution is 7.89. The highest BCUT2D eigenvalue weighted by Gasteiger charge is 2.26. The van der Waals surface area contributed by atoms with E-state index in [9.17, 15) is 13.5 Å². The monoisotopic (exact) mass is 289 g/mol. The third-order valence-electron chi connectivity index (χ3n) is 3.52. The fourth-order valence-electron chi connectivity index (χ4n) is 2.55. The van der Waals surface area contributed by atoms with E-state index in [0.717, 1.165) is 0 Å². The SMILES string of the molecule is O=S(=O)(NC1Cc2ccccc2C1)c1ccc(O)cc1. The van der Waals surface area contributed by atoms with Crippen LogP contribution < -0.4 is 4.72 Å². The van der Waals surface area contributed by atoms with Crippen LogP contribution in [-0.4, -0.2) is 19.6 Å². The summed E-state index contributed by atoms with van der Waals surface area (Å²) in [7, 11) is -3.54. The fourth-order valence-corrected chi connectivity index (χ4v) is 3.79. The van der Waals surface area contributed by atoms with Gasteiger partial charge in [-0.3, -0.25) is 0 Å². The van der Waals surface area contributed by atoms with Gasteiger partial charge in [-0.1, -0.05) is 24.3 Å². The Hall–Kier alpha value is -1.85. The van der Waals surface area contributed by atoms with E-state index >= 15 is 0 Å². The molecule has 5 heteroatoms. The maximum absolute atomic E-state index is 12.3. The van der Waals surface area contributed by atoms with E-state index < -0.39 is 10.0 Å². The highest BCUT2D eigenvalue weighted by Crippen LogP contribution is 2.23. The number of sulfonamides is 1. The van der Waals surface area contributed by atoms with Crippen LogP contribution >= 0.6 is 0 Å². The zero-order chi connectivity index (χ0) is 14.2. The smallest absolute Gasteiger partial charge is 0.240 e. The molecule has 0 spiro atoms. The molecule has 2 aromatic rings. The minimum absolute atomic E-state index is 0.0530. The summed E-state index contributed by atoms with van der Waals surface area (Å²) >= 11 is 0. The van der Waals surface area contributed by atoms with E-state index in [2.05, 4.69) is 4.72 Å². The molecule has 3 rings (SSSR count). The van der Waals surface area contributed by atoms with Crippen LogP contribution in [0.3, 0.4) is 0 Å². The Kier molecular flexibility index (Phi) is 3.23. The van der Waals surface area contributed by atoms with Gasteiger partial charge < -0.3 is 5.11 Å². The lowest BCUT2D eigenvalue weighted by Gasteiger charge is -2.12. The van der Waals surface area contributed by atoms with Crippen molar-refractivity contribution >= 4 is 10.0 Å². The standard InChI is InChI=1S/C15H15NO3S/c17-14-5-7-15(8-6-14)20(18,19)16-13-9-11-3-1-2-4-12(11)10-13/h1-8,13,16-17H,9-10H2. The van der Waals surface area contributed by atoms with Gasteiger partial charge in [0.15, 0.2) is 0 Å². The summed E-state index contributed by atoms with van der Waals surface area (Å²) in [5.74, 6) is 0.0530. The van der Waals surface area contributed by atoms with Crippen molar-refractivity contribution in [3.05, 3.63) is 59.7 Å². The van der Waals surface area contributed by atoms with Crippen molar-refractivity contribution in [1.29, 1.82) is 0 Å². The van der Waals surface area contributed by atoms with Gasteiger partial charge in [0.2, 0.25) is 10.0 Å². The second-order valence-corrected chi connectivity index (χ2v) is 6.70. The molecular formula is C15H15NO3S. The molecule has 0 aliphatic heterocycles. The molecule has 2 aromatic carbocycles. The van der Waals surface area contributed by atoms with Gasteiger partial charge in [0.1, 0.15) is 5.75 Å². The molecule has 0 heterocycles. The molecule has 104 valence electrons. The van der Waals surface area contributed by atoms with Gasteiger partial charge >= 0.3 is 0 Å². The number of rotatable bonds is 3. The number of phenolic OH excluding ortho intramolecular Hbond substituents is 1. The van der Waals surface area contributed by atoms with Crippen LogP contribution in [0.25, 0.3) is 0 Å². The number of benzene rings is 2. The van der Waals surface area contributed by atoms with Gasteiger partial charge in [-0.15, -0.1) is 0 Å². The van der Waals surface area contributed by atoms with Gasteiger partial charge in [-0.2, -0.15) is 0 Å². The van der Waals surface area contributed by atoms with Crippen molar-refractivity contribution in [2.75, 3.05) is 0 Å². The molecule has 0 atom stereocenters. The van der Waals surface area contributed by atoms with Crippen molar-refractivity contribution in [2.24, 2.45) is 0 Å². The van der Waals surface area contributed by atoms with Crippen molar-refractivity contribution in [1.82, 2.24) is 4.72 Å². The van der Waals surface area contributed by atoms with E-state index in [4.69, 9.17) is 0 Å². The van der Waals surface area contributed by atoms with Crippen LogP contribution in [0.15, 0.2) is 53.4 Å². The van der Waals surface area contributed by atoms with Gasteiger partial charge in [-0.25, -0.2) is 13.1 Å². The topological polar surface area (TPSA) is 66.4 Å². The van der Waals surface area contributed by atoms with Gasteiger partial charge in [0, 0.05) is 6.04 Å². The van der Waals surface area contributed by atoms with Crippen LogP contribution in [0, 0.1) is 0 Å². The van der Waals surface area contributed by atoms with Crippen molar-refractivity contribution in [2.45, 2.75) is 23.8 Å². The summed E-state index contributed by atoms with van der Waals surface area (Å²) in [6, 6.07) is 13.4. The summed E-state index contributed by atoms with van der Waals surface area (Å²) in [6.45, 7) is 0. The van der Waals surface area contributed by atoms with Crippen molar-refractivity contribution in [3.63, 3.8) is 0 Å². The molecule has 0 aromatic heterocycles. The number of nitrogens with one attached hydrogen (secondary N) is 1. The van der Waals surface area contributed by atoms with E-state index in [0.29, 0.717) is 12.8 Å². The molecule has 0 bridgehead atoms. The average Bonchev–Trinajstić information content (AvgIpc) is 2.80. The minimum atomic E-state index is -3.54. The lowest BCUT2D eigenvalue weighted by molar-refractivity contribution is 0.474. The molecular weight excluding hydrogens is 274 g/mol. The summed E-state index contributed by atoms with van der Waals surface area (Å²) in [5, 5.41) is 9.21. The van der Waals surface area contributed by atoms with Crippen LogP contribution in [0.2, 0.25) is 0 Å². The average molecular weight is 289 g/mol. The molecule has 0 fully saturated rings. The molecule has 0 saturated heterocycles. The molecule has 0 saturated carbocycles. The summed E-state index contributed by atoms with van der Waals surface area (Å²) < 4.78 is 27.2. The van der Waals surface area contributed by atoms with Gasteiger partial charge in [-0.05, 0) is 48.2 Å². The summed E-state index contributed by atoms with van der Waals surface area (Å²) in [6.07, 6.45) is 1.43. The molecule has 2 N–H and O–H groups in total. The number of hydrogen-bond acceptors (Lipinski definition) is 3. The second kappa shape index (κ2) is 4.92. The lowest BCUT2D eigenvalue weighted by atomic mass is 10.1. The Bertz CT molecular complexity index is 698. The minimum Gasteiger partial charge on any atom is -0.508 e. The molecule has 20 heavy (non-hydrogen) atoms. The molecule has 1 aliphatic rings. The first kappa shape index (κ1) is 13.1. The van der Waals surface area contributed by atoms with Crippen LogP contribution in [-0.2, 0) is 22.9 Å². The Balaban J connectivity index is 1.77. The number of fused-ring (bicyclic) bond motifs is 1. The first-order valence-corrected chi connectivity index (χ1v) is 7.91. The first-order valence-electron chi connectivity index (χ1n) is 6.43. The zero-order valence-electron chi connectivity index (χ0n) is 10.8. The van der Waals surface area contributed by atoms with Crippen LogP contribution in [0.1, 0.15) is 11.1 Å². The molecule has 0 radical (unpaired) electrons.